The van der Waals surface area contributed by atoms with Crippen LogP contribution in [0.4, 0.5) is 4.39 Å². The molecule has 0 saturated heterocycles. The van der Waals surface area contributed by atoms with Crippen molar-refractivity contribution in [2.24, 2.45) is 5.92 Å². The van der Waals surface area contributed by atoms with E-state index in [0.29, 0.717) is 6.42 Å². The summed E-state index contributed by atoms with van der Waals surface area (Å²) in [4.78, 5) is 23.9. The Balaban J connectivity index is 1.95. The molecule has 1 aromatic heterocycles. The molecule has 0 unspecified atom stereocenters. The van der Waals surface area contributed by atoms with Crippen molar-refractivity contribution in [2.45, 2.75) is 31.5 Å². The second-order valence-corrected chi connectivity index (χ2v) is 6.52. The van der Waals surface area contributed by atoms with E-state index in [1.165, 1.54) is 19.2 Å². The van der Waals surface area contributed by atoms with Crippen molar-refractivity contribution >= 4 is 23.6 Å². The summed E-state index contributed by atoms with van der Waals surface area (Å²) >= 11 is 1.00. The zero-order valence-electron chi connectivity index (χ0n) is 14.7. The van der Waals surface area contributed by atoms with Gasteiger partial charge in [-0.1, -0.05) is 44.2 Å². The number of benzene rings is 1. The largest absolute Gasteiger partial charge is 0.467 e. The van der Waals surface area contributed by atoms with Crippen molar-refractivity contribution in [3.8, 4) is 11.5 Å². The zero-order chi connectivity index (χ0) is 19.1. The van der Waals surface area contributed by atoms with Crippen LogP contribution in [-0.4, -0.2) is 41.0 Å². The minimum Gasteiger partial charge on any atom is -0.467 e. The number of carbonyl (C=O) groups is 2. The molecule has 0 aliphatic rings. The minimum atomic E-state index is -0.713. The molecule has 1 aromatic carbocycles. The summed E-state index contributed by atoms with van der Waals surface area (Å²) in [5.41, 5.74) is 0.193. The first-order valence-electron chi connectivity index (χ1n) is 8.04. The monoisotopic (exact) mass is 381 g/mol. The van der Waals surface area contributed by atoms with Crippen LogP contribution in [0.1, 0.15) is 20.3 Å². The van der Waals surface area contributed by atoms with E-state index in [-0.39, 0.29) is 34.3 Å². The number of hydrogen-bond donors (Lipinski definition) is 1. The van der Waals surface area contributed by atoms with Gasteiger partial charge in [-0.05, 0) is 18.1 Å². The number of amides is 1. The van der Waals surface area contributed by atoms with E-state index in [4.69, 9.17) is 9.15 Å². The summed E-state index contributed by atoms with van der Waals surface area (Å²) in [6, 6.07) is 5.32. The highest BCUT2D eigenvalue weighted by atomic mass is 32.2. The summed E-state index contributed by atoms with van der Waals surface area (Å²) in [5.74, 6) is -1.37. The molecular weight excluding hydrogens is 361 g/mol. The highest BCUT2D eigenvalue weighted by molar-refractivity contribution is 7.99. The average molecular weight is 381 g/mol. The van der Waals surface area contributed by atoms with Gasteiger partial charge in [0.2, 0.25) is 5.91 Å². The number of aromatic nitrogens is 2. The molecule has 9 heteroatoms. The molecule has 1 N–H and O–H groups in total. The van der Waals surface area contributed by atoms with Crippen molar-refractivity contribution in [1.29, 1.82) is 0 Å². The fraction of sp³-hybridized carbons (Fsp3) is 0.412. The number of methoxy groups -OCH3 is 1. The number of nitrogens with one attached hydrogen (secondary N) is 1. The van der Waals surface area contributed by atoms with Crippen LogP contribution in [0.15, 0.2) is 33.9 Å². The maximum absolute atomic E-state index is 13.7. The molecule has 2 aromatic rings. The van der Waals surface area contributed by atoms with Gasteiger partial charge in [0.1, 0.15) is 11.9 Å². The molecule has 26 heavy (non-hydrogen) atoms. The molecule has 2 rings (SSSR count). The van der Waals surface area contributed by atoms with Crippen molar-refractivity contribution in [3.63, 3.8) is 0 Å². The van der Waals surface area contributed by atoms with Crippen molar-refractivity contribution in [3.05, 3.63) is 30.1 Å². The van der Waals surface area contributed by atoms with Crippen LogP contribution in [-0.2, 0) is 14.3 Å². The molecule has 0 fully saturated rings. The number of ether oxygens (including phenoxy) is 1. The van der Waals surface area contributed by atoms with Gasteiger partial charge >= 0.3 is 5.97 Å². The fourth-order valence-corrected chi connectivity index (χ4v) is 2.72. The maximum Gasteiger partial charge on any atom is 0.328 e. The van der Waals surface area contributed by atoms with E-state index in [1.807, 2.05) is 13.8 Å². The van der Waals surface area contributed by atoms with Crippen LogP contribution < -0.4 is 5.32 Å². The summed E-state index contributed by atoms with van der Waals surface area (Å²) < 4.78 is 23.8. The molecule has 2 atom stereocenters. The highest BCUT2D eigenvalue weighted by Crippen LogP contribution is 2.25. The van der Waals surface area contributed by atoms with Crippen LogP contribution in [0, 0.1) is 11.7 Å². The lowest BCUT2D eigenvalue weighted by atomic mass is 9.99. The Morgan fingerprint density at radius 3 is 2.73 bits per heavy atom. The third-order valence-corrected chi connectivity index (χ3v) is 4.64. The SMILES string of the molecule is CC[C@H](C)[C@@H](NC(=O)CSc1nnc(-c2ccccc2F)o1)C(=O)OC. The molecule has 0 bridgehead atoms. The van der Waals surface area contributed by atoms with Gasteiger partial charge in [-0.3, -0.25) is 4.79 Å². The predicted molar refractivity (Wildman–Crippen MR) is 93.8 cm³/mol. The molecule has 1 heterocycles. The predicted octanol–water partition coefficient (Wildman–Crippen LogP) is 2.67. The average Bonchev–Trinajstić information content (AvgIpc) is 3.12. The van der Waals surface area contributed by atoms with Crippen molar-refractivity contribution in [1.82, 2.24) is 15.5 Å². The molecule has 0 aliphatic heterocycles. The molecular formula is C17H20FN3O4S. The van der Waals surface area contributed by atoms with Gasteiger partial charge < -0.3 is 14.5 Å². The number of esters is 1. The third kappa shape index (κ3) is 5.04. The number of rotatable bonds is 8. The molecule has 0 saturated carbocycles. The van der Waals surface area contributed by atoms with Gasteiger partial charge in [0, 0.05) is 0 Å². The maximum atomic E-state index is 13.7. The van der Waals surface area contributed by atoms with Gasteiger partial charge in [0.15, 0.2) is 0 Å². The second-order valence-electron chi connectivity index (χ2n) is 5.60. The summed E-state index contributed by atoms with van der Waals surface area (Å²) in [5, 5.41) is 10.4. The molecule has 0 aliphatic carbocycles. The molecule has 1 amide bonds. The lowest BCUT2D eigenvalue weighted by Gasteiger charge is -2.21. The first-order chi connectivity index (χ1) is 12.5. The molecule has 0 spiro atoms. The Labute approximate surface area is 154 Å². The lowest BCUT2D eigenvalue weighted by Crippen LogP contribution is -2.46. The third-order valence-electron chi connectivity index (χ3n) is 3.82. The van der Waals surface area contributed by atoms with Gasteiger partial charge in [-0.2, -0.15) is 0 Å². The number of nitrogens with zero attached hydrogens (tertiary/aromatic N) is 2. The highest BCUT2D eigenvalue weighted by Gasteiger charge is 2.26. The van der Waals surface area contributed by atoms with Crippen LogP contribution in [0.3, 0.4) is 0 Å². The van der Waals surface area contributed by atoms with Gasteiger partial charge in [-0.15, -0.1) is 10.2 Å². The summed E-state index contributed by atoms with van der Waals surface area (Å²) in [7, 11) is 1.28. The van der Waals surface area contributed by atoms with Crippen LogP contribution in [0.25, 0.3) is 11.5 Å². The van der Waals surface area contributed by atoms with E-state index in [2.05, 4.69) is 15.5 Å². The Morgan fingerprint density at radius 2 is 2.08 bits per heavy atom. The lowest BCUT2D eigenvalue weighted by molar-refractivity contribution is -0.146. The van der Waals surface area contributed by atoms with Gasteiger partial charge in [0.25, 0.3) is 11.1 Å². The Hall–Kier alpha value is -2.42. The standard InChI is InChI=1S/C17H20FN3O4S/c1-4-10(2)14(16(23)24-3)19-13(22)9-26-17-21-20-15(25-17)11-7-5-6-8-12(11)18/h5-8,10,14H,4,9H2,1-3H3,(H,19,22)/t10-,14+/m0/s1. The normalized spacial score (nSPS) is 13.1. The van der Waals surface area contributed by atoms with E-state index in [1.54, 1.807) is 12.1 Å². The molecule has 0 radical (unpaired) electrons. The van der Waals surface area contributed by atoms with Crippen molar-refractivity contribution in [2.75, 3.05) is 12.9 Å². The number of hydrogen-bond acceptors (Lipinski definition) is 7. The fourth-order valence-electron chi connectivity index (χ4n) is 2.15. The summed E-state index contributed by atoms with van der Waals surface area (Å²) in [6.07, 6.45) is 0.711. The second kappa shape index (κ2) is 9.33. The number of carbonyl (C=O) groups excluding carboxylic acids is 2. The van der Waals surface area contributed by atoms with E-state index in [9.17, 15) is 14.0 Å². The van der Waals surface area contributed by atoms with Crippen molar-refractivity contribution < 1.29 is 23.1 Å². The minimum absolute atomic E-state index is 0.0250. The van der Waals surface area contributed by atoms with E-state index in [0.717, 1.165) is 11.8 Å². The van der Waals surface area contributed by atoms with Gasteiger partial charge in [-0.25, -0.2) is 9.18 Å². The topological polar surface area (TPSA) is 94.3 Å². The quantitative estimate of drug-likeness (QED) is 0.555. The summed E-state index contributed by atoms with van der Waals surface area (Å²) in [6.45, 7) is 3.78. The van der Waals surface area contributed by atoms with E-state index >= 15 is 0 Å². The molecule has 7 nitrogen and oxygen atoms in total. The zero-order valence-corrected chi connectivity index (χ0v) is 15.5. The van der Waals surface area contributed by atoms with E-state index < -0.39 is 17.8 Å². The Bertz CT molecular complexity index is 768. The first kappa shape index (κ1) is 19.9. The smallest absolute Gasteiger partial charge is 0.328 e. The number of thioether (sulfide) groups is 1. The number of halogens is 1. The van der Waals surface area contributed by atoms with Crippen LogP contribution in [0.5, 0.6) is 0 Å². The molecule has 140 valence electrons. The van der Waals surface area contributed by atoms with Gasteiger partial charge in [0.05, 0.1) is 18.4 Å². The Kier molecular flexibility index (Phi) is 7.14. The Morgan fingerprint density at radius 1 is 1.35 bits per heavy atom. The van der Waals surface area contributed by atoms with Crippen LogP contribution in [0.2, 0.25) is 0 Å². The van der Waals surface area contributed by atoms with Crippen LogP contribution >= 0.6 is 11.8 Å². The first-order valence-corrected chi connectivity index (χ1v) is 9.03.